The highest BCUT2D eigenvalue weighted by Crippen LogP contribution is 2.33. The van der Waals surface area contributed by atoms with Crippen molar-refractivity contribution in [2.24, 2.45) is 0 Å². The standard InChI is InChI=1S/C14H12F6N2O/c1-23-11-4-2-3-9-12(11)10(5-7(16)8(17)6-15)22-13(21-9)14(18,19)20/h2-4,7-8H,5-6H2,1H3. The number of nitrogens with zero attached hydrogens (tertiary/aromatic N) is 2. The molecule has 0 saturated heterocycles. The predicted octanol–water partition coefficient (Wildman–Crippen LogP) is 3.85. The number of alkyl halides is 6. The van der Waals surface area contributed by atoms with E-state index in [1.54, 1.807) is 0 Å². The van der Waals surface area contributed by atoms with Crippen LogP contribution in [0.5, 0.6) is 5.75 Å². The smallest absolute Gasteiger partial charge is 0.451 e. The highest BCUT2D eigenvalue weighted by molar-refractivity contribution is 5.87. The zero-order valence-corrected chi connectivity index (χ0v) is 11.9. The molecule has 0 aliphatic heterocycles. The highest BCUT2D eigenvalue weighted by Gasteiger charge is 2.36. The molecule has 9 heteroatoms. The fourth-order valence-electron chi connectivity index (χ4n) is 2.08. The monoisotopic (exact) mass is 338 g/mol. The van der Waals surface area contributed by atoms with Gasteiger partial charge in [-0.1, -0.05) is 6.07 Å². The molecule has 0 aliphatic carbocycles. The number of hydrogen-bond acceptors (Lipinski definition) is 3. The Morgan fingerprint density at radius 3 is 2.39 bits per heavy atom. The predicted molar refractivity (Wildman–Crippen MR) is 70.6 cm³/mol. The third-order valence-electron chi connectivity index (χ3n) is 3.16. The van der Waals surface area contributed by atoms with Crippen LogP contribution in [0.15, 0.2) is 18.2 Å². The maximum absolute atomic E-state index is 13.7. The van der Waals surface area contributed by atoms with Gasteiger partial charge >= 0.3 is 6.18 Å². The average molecular weight is 338 g/mol. The van der Waals surface area contributed by atoms with Crippen LogP contribution in [0.3, 0.4) is 0 Å². The topological polar surface area (TPSA) is 35.0 Å². The van der Waals surface area contributed by atoms with Gasteiger partial charge in [0.1, 0.15) is 18.6 Å². The first kappa shape index (κ1) is 17.3. The molecule has 2 unspecified atom stereocenters. The summed E-state index contributed by atoms with van der Waals surface area (Å²) in [5.41, 5.74) is -0.507. The molecular formula is C14H12F6N2O. The number of fused-ring (bicyclic) bond motifs is 1. The fraction of sp³-hybridized carbons (Fsp3) is 0.429. The van der Waals surface area contributed by atoms with Crippen molar-refractivity contribution < 1.29 is 31.1 Å². The van der Waals surface area contributed by atoms with E-state index in [0.717, 1.165) is 0 Å². The normalized spacial score (nSPS) is 14.7. The average Bonchev–Trinajstić information content (AvgIpc) is 2.52. The summed E-state index contributed by atoms with van der Waals surface area (Å²) >= 11 is 0. The molecular weight excluding hydrogens is 326 g/mol. The molecule has 0 saturated carbocycles. The van der Waals surface area contributed by atoms with E-state index in [1.165, 1.54) is 25.3 Å². The van der Waals surface area contributed by atoms with Crippen LogP contribution in [0.2, 0.25) is 0 Å². The van der Waals surface area contributed by atoms with Crippen molar-refractivity contribution in [1.29, 1.82) is 0 Å². The number of methoxy groups -OCH3 is 1. The Morgan fingerprint density at radius 1 is 1.13 bits per heavy atom. The summed E-state index contributed by atoms with van der Waals surface area (Å²) < 4.78 is 82.6. The van der Waals surface area contributed by atoms with Crippen LogP contribution < -0.4 is 4.74 Å². The van der Waals surface area contributed by atoms with Gasteiger partial charge in [-0.3, -0.25) is 0 Å². The summed E-state index contributed by atoms with van der Waals surface area (Å²) in [5.74, 6) is -1.36. The van der Waals surface area contributed by atoms with E-state index in [4.69, 9.17) is 4.74 Å². The van der Waals surface area contributed by atoms with E-state index in [9.17, 15) is 26.3 Å². The van der Waals surface area contributed by atoms with E-state index in [0.29, 0.717) is 0 Å². The quantitative estimate of drug-likeness (QED) is 0.777. The van der Waals surface area contributed by atoms with Gasteiger partial charge in [0.25, 0.3) is 0 Å². The van der Waals surface area contributed by atoms with Crippen LogP contribution >= 0.6 is 0 Å². The van der Waals surface area contributed by atoms with Crippen molar-refractivity contribution in [3.05, 3.63) is 29.7 Å². The molecule has 1 aromatic heterocycles. The summed E-state index contributed by atoms with van der Waals surface area (Å²) in [6, 6.07) is 4.11. The van der Waals surface area contributed by atoms with Crippen molar-refractivity contribution in [3.8, 4) is 5.75 Å². The lowest BCUT2D eigenvalue weighted by atomic mass is 10.1. The van der Waals surface area contributed by atoms with Crippen LogP contribution in [0, 0.1) is 0 Å². The largest absolute Gasteiger partial charge is 0.496 e. The number of benzene rings is 1. The molecule has 0 bridgehead atoms. The maximum atomic E-state index is 13.7. The Morgan fingerprint density at radius 2 is 1.83 bits per heavy atom. The Balaban J connectivity index is 2.62. The first-order chi connectivity index (χ1) is 10.8. The van der Waals surface area contributed by atoms with E-state index >= 15 is 0 Å². The Kier molecular flexibility index (Phi) is 4.96. The van der Waals surface area contributed by atoms with E-state index in [2.05, 4.69) is 9.97 Å². The lowest BCUT2D eigenvalue weighted by Crippen LogP contribution is -2.23. The minimum Gasteiger partial charge on any atom is -0.496 e. The minimum absolute atomic E-state index is 0.0386. The second-order valence-corrected chi connectivity index (χ2v) is 4.74. The van der Waals surface area contributed by atoms with Gasteiger partial charge in [-0.05, 0) is 12.1 Å². The molecule has 1 aromatic carbocycles. The zero-order valence-electron chi connectivity index (χ0n) is 11.9. The van der Waals surface area contributed by atoms with Crippen LogP contribution in [-0.4, -0.2) is 36.1 Å². The van der Waals surface area contributed by atoms with E-state index in [-0.39, 0.29) is 22.3 Å². The number of halogens is 6. The van der Waals surface area contributed by atoms with Crippen molar-refractivity contribution in [2.45, 2.75) is 24.9 Å². The highest BCUT2D eigenvalue weighted by atomic mass is 19.4. The Bertz CT molecular complexity index is 691. The maximum Gasteiger partial charge on any atom is 0.451 e. The third-order valence-corrected chi connectivity index (χ3v) is 3.16. The van der Waals surface area contributed by atoms with Crippen molar-refractivity contribution in [2.75, 3.05) is 13.8 Å². The molecule has 0 spiro atoms. The first-order valence-corrected chi connectivity index (χ1v) is 6.52. The van der Waals surface area contributed by atoms with Crippen LogP contribution in [0.25, 0.3) is 10.9 Å². The molecule has 0 radical (unpaired) electrons. The summed E-state index contributed by atoms with van der Waals surface area (Å²) in [7, 11) is 1.27. The fourth-order valence-corrected chi connectivity index (χ4v) is 2.08. The molecule has 2 rings (SSSR count). The SMILES string of the molecule is COc1cccc2nc(C(F)(F)F)nc(CC(F)C(F)CF)c12. The van der Waals surface area contributed by atoms with Gasteiger partial charge in [0.05, 0.1) is 23.7 Å². The van der Waals surface area contributed by atoms with Gasteiger partial charge in [-0.2, -0.15) is 13.2 Å². The summed E-state index contributed by atoms with van der Waals surface area (Å²) in [6.45, 7) is -1.58. The van der Waals surface area contributed by atoms with Gasteiger partial charge in [0.2, 0.25) is 5.82 Å². The van der Waals surface area contributed by atoms with Gasteiger partial charge in [-0.15, -0.1) is 0 Å². The van der Waals surface area contributed by atoms with Gasteiger partial charge < -0.3 is 4.74 Å². The van der Waals surface area contributed by atoms with Crippen molar-refractivity contribution in [1.82, 2.24) is 9.97 Å². The van der Waals surface area contributed by atoms with Crippen LogP contribution in [0.1, 0.15) is 11.5 Å². The van der Waals surface area contributed by atoms with Crippen molar-refractivity contribution in [3.63, 3.8) is 0 Å². The molecule has 23 heavy (non-hydrogen) atoms. The lowest BCUT2D eigenvalue weighted by Gasteiger charge is -2.15. The molecule has 0 fully saturated rings. The number of hydrogen-bond donors (Lipinski definition) is 0. The molecule has 1 heterocycles. The Hall–Kier alpha value is -2.06. The van der Waals surface area contributed by atoms with Crippen LogP contribution in [0.4, 0.5) is 26.3 Å². The van der Waals surface area contributed by atoms with E-state index in [1.807, 2.05) is 0 Å². The second-order valence-electron chi connectivity index (χ2n) is 4.74. The zero-order chi connectivity index (χ0) is 17.2. The number of aromatic nitrogens is 2. The summed E-state index contributed by atoms with van der Waals surface area (Å²) in [6.07, 6.45) is -10.5. The minimum atomic E-state index is -4.85. The molecule has 2 aromatic rings. The lowest BCUT2D eigenvalue weighted by molar-refractivity contribution is -0.144. The van der Waals surface area contributed by atoms with Gasteiger partial charge in [0, 0.05) is 6.42 Å². The molecule has 3 nitrogen and oxygen atoms in total. The molecule has 2 atom stereocenters. The van der Waals surface area contributed by atoms with Crippen LogP contribution in [-0.2, 0) is 12.6 Å². The first-order valence-electron chi connectivity index (χ1n) is 6.52. The molecule has 0 amide bonds. The van der Waals surface area contributed by atoms with E-state index < -0.39 is 37.4 Å². The molecule has 126 valence electrons. The van der Waals surface area contributed by atoms with Crippen molar-refractivity contribution >= 4 is 10.9 Å². The van der Waals surface area contributed by atoms with Gasteiger partial charge in [0.15, 0.2) is 6.17 Å². The Labute approximate surface area is 127 Å². The third kappa shape index (κ3) is 3.65. The summed E-state index contributed by atoms with van der Waals surface area (Å²) in [4.78, 5) is 6.67. The van der Waals surface area contributed by atoms with Gasteiger partial charge in [-0.25, -0.2) is 23.1 Å². The second kappa shape index (κ2) is 6.59. The summed E-state index contributed by atoms with van der Waals surface area (Å²) in [5, 5.41) is 0.0386. The molecule has 0 aliphatic rings. The number of rotatable bonds is 5. The number of ether oxygens (including phenoxy) is 1. The molecule has 0 N–H and O–H groups in total.